The maximum absolute atomic E-state index is 6.08. The monoisotopic (exact) mass is 308 g/mol. The van der Waals surface area contributed by atoms with E-state index in [-0.39, 0.29) is 6.04 Å². The number of thiophene rings is 1. The van der Waals surface area contributed by atoms with Gasteiger partial charge < -0.3 is 15.2 Å². The van der Waals surface area contributed by atoms with Crippen molar-refractivity contribution in [2.75, 3.05) is 47.1 Å². The smallest absolute Gasteiger partial charge is 0.0589 e. The highest BCUT2D eigenvalue weighted by atomic mass is 32.1. The fraction of sp³-hybridized carbons (Fsp3) is 0.500. The van der Waals surface area contributed by atoms with Gasteiger partial charge in [0, 0.05) is 44.6 Å². The Morgan fingerprint density at radius 2 is 1.81 bits per heavy atom. The Hall–Kier alpha value is -0.980. The van der Waals surface area contributed by atoms with Gasteiger partial charge in [0.25, 0.3) is 0 Å². The number of hydrogen-bond donors (Lipinski definition) is 1. The van der Waals surface area contributed by atoms with Gasteiger partial charge in [0.1, 0.15) is 0 Å². The zero-order valence-electron chi connectivity index (χ0n) is 12.7. The van der Waals surface area contributed by atoms with Crippen LogP contribution in [0.3, 0.4) is 0 Å². The van der Waals surface area contributed by atoms with Crippen LogP contribution in [0.15, 0.2) is 29.6 Å². The van der Waals surface area contributed by atoms with Crippen molar-refractivity contribution in [3.8, 4) is 0 Å². The highest BCUT2D eigenvalue weighted by Crippen LogP contribution is 2.32. The van der Waals surface area contributed by atoms with E-state index >= 15 is 0 Å². The van der Waals surface area contributed by atoms with Crippen LogP contribution >= 0.6 is 11.3 Å². The van der Waals surface area contributed by atoms with Crippen LogP contribution in [0.2, 0.25) is 0 Å². The average Bonchev–Trinajstić information content (AvgIpc) is 2.94. The summed E-state index contributed by atoms with van der Waals surface area (Å²) in [5, 5.41) is 3.53. The number of hydrogen-bond acceptors (Lipinski definition) is 5. The molecule has 1 atom stereocenters. The van der Waals surface area contributed by atoms with Crippen LogP contribution in [-0.4, -0.2) is 52.0 Å². The first-order valence-electron chi connectivity index (χ1n) is 7.20. The minimum absolute atomic E-state index is 0.200. The normalized spacial score (nSPS) is 13.1. The van der Waals surface area contributed by atoms with Crippen molar-refractivity contribution in [2.24, 2.45) is 5.73 Å². The third kappa shape index (κ3) is 4.02. The summed E-state index contributed by atoms with van der Waals surface area (Å²) < 4.78 is 11.8. The summed E-state index contributed by atoms with van der Waals surface area (Å²) in [6, 6.07) is 8.70. The summed E-state index contributed by atoms with van der Waals surface area (Å²) in [7, 11) is 3.46. The third-order valence-corrected chi connectivity index (χ3v) is 4.68. The molecule has 5 heteroatoms. The number of fused-ring (bicyclic) bond motifs is 1. The topological polar surface area (TPSA) is 47.7 Å². The molecule has 2 aromatic rings. The van der Waals surface area contributed by atoms with E-state index in [9.17, 15) is 0 Å². The molecule has 0 radical (unpaired) electrons. The van der Waals surface area contributed by atoms with Gasteiger partial charge in [0.15, 0.2) is 0 Å². The van der Waals surface area contributed by atoms with Crippen LogP contribution < -0.4 is 5.73 Å². The number of rotatable bonds is 9. The maximum Gasteiger partial charge on any atom is 0.0589 e. The Bertz CT molecular complexity index is 536. The van der Waals surface area contributed by atoms with Crippen LogP contribution in [0.1, 0.15) is 11.6 Å². The lowest BCUT2D eigenvalue weighted by Gasteiger charge is -2.30. The van der Waals surface area contributed by atoms with E-state index in [1.807, 2.05) is 0 Å². The fourth-order valence-corrected chi connectivity index (χ4v) is 3.58. The van der Waals surface area contributed by atoms with Crippen molar-refractivity contribution in [2.45, 2.75) is 6.04 Å². The molecule has 1 unspecified atom stereocenters. The van der Waals surface area contributed by atoms with Gasteiger partial charge in [-0.15, -0.1) is 11.3 Å². The van der Waals surface area contributed by atoms with Crippen LogP contribution in [0.5, 0.6) is 0 Å². The highest BCUT2D eigenvalue weighted by molar-refractivity contribution is 7.17. The fourth-order valence-electron chi connectivity index (χ4n) is 2.57. The molecular formula is C16H24N2O2S. The van der Waals surface area contributed by atoms with E-state index in [1.54, 1.807) is 25.6 Å². The van der Waals surface area contributed by atoms with Crippen molar-refractivity contribution in [1.29, 1.82) is 0 Å². The minimum Gasteiger partial charge on any atom is -0.383 e. The molecule has 0 saturated carbocycles. The van der Waals surface area contributed by atoms with E-state index in [2.05, 4.69) is 34.5 Å². The Morgan fingerprint density at radius 3 is 2.43 bits per heavy atom. The molecule has 0 bridgehead atoms. The lowest BCUT2D eigenvalue weighted by Crippen LogP contribution is -2.38. The zero-order valence-corrected chi connectivity index (χ0v) is 13.6. The lowest BCUT2D eigenvalue weighted by atomic mass is 10.0. The van der Waals surface area contributed by atoms with Gasteiger partial charge in [0.05, 0.1) is 13.2 Å². The molecule has 1 aromatic heterocycles. The van der Waals surface area contributed by atoms with Gasteiger partial charge in [-0.25, -0.2) is 0 Å². The van der Waals surface area contributed by atoms with Gasteiger partial charge in [0.2, 0.25) is 0 Å². The molecule has 21 heavy (non-hydrogen) atoms. The second-order valence-corrected chi connectivity index (χ2v) is 5.87. The summed E-state index contributed by atoms with van der Waals surface area (Å²) in [6.45, 7) is 3.69. The van der Waals surface area contributed by atoms with Gasteiger partial charge in [-0.2, -0.15) is 0 Å². The largest absolute Gasteiger partial charge is 0.383 e. The first-order chi connectivity index (χ1) is 10.3. The number of methoxy groups -OCH3 is 2. The molecular weight excluding hydrogens is 284 g/mol. The summed E-state index contributed by atoms with van der Waals surface area (Å²) >= 11 is 1.78. The predicted molar refractivity (Wildman–Crippen MR) is 88.9 cm³/mol. The second-order valence-electron chi connectivity index (χ2n) is 4.96. The van der Waals surface area contributed by atoms with Crippen LogP contribution in [-0.2, 0) is 9.47 Å². The van der Waals surface area contributed by atoms with Crippen molar-refractivity contribution < 1.29 is 9.47 Å². The first-order valence-corrected chi connectivity index (χ1v) is 8.08. The molecule has 0 amide bonds. The summed E-state index contributed by atoms with van der Waals surface area (Å²) in [5.74, 6) is 0. The van der Waals surface area contributed by atoms with Gasteiger partial charge in [-0.1, -0.05) is 18.2 Å². The maximum atomic E-state index is 6.08. The van der Waals surface area contributed by atoms with Gasteiger partial charge >= 0.3 is 0 Å². The summed E-state index contributed by atoms with van der Waals surface area (Å²) in [5.41, 5.74) is 7.39. The molecule has 0 spiro atoms. The molecule has 4 nitrogen and oxygen atoms in total. The van der Waals surface area contributed by atoms with Crippen LogP contribution in [0, 0.1) is 0 Å². The molecule has 0 aliphatic carbocycles. The SMILES string of the molecule is COCCN(CCOC)C(CN)c1csc2ccccc12. The molecule has 116 valence electrons. The van der Waals surface area contributed by atoms with E-state index in [4.69, 9.17) is 15.2 Å². The van der Waals surface area contributed by atoms with Crippen LogP contribution in [0.4, 0.5) is 0 Å². The van der Waals surface area contributed by atoms with E-state index in [0.29, 0.717) is 19.8 Å². The van der Waals surface area contributed by atoms with Gasteiger partial charge in [-0.05, 0) is 22.4 Å². The zero-order chi connectivity index (χ0) is 15.1. The van der Waals surface area contributed by atoms with Gasteiger partial charge in [-0.3, -0.25) is 4.90 Å². The quantitative estimate of drug-likeness (QED) is 0.773. The molecule has 2 N–H and O–H groups in total. The Morgan fingerprint density at radius 1 is 1.14 bits per heavy atom. The third-order valence-electron chi connectivity index (χ3n) is 3.70. The van der Waals surface area contributed by atoms with E-state index < -0.39 is 0 Å². The minimum atomic E-state index is 0.200. The van der Waals surface area contributed by atoms with Crippen molar-refractivity contribution in [3.63, 3.8) is 0 Å². The molecule has 1 heterocycles. The molecule has 0 fully saturated rings. The molecule has 0 saturated heterocycles. The Kier molecular flexibility index (Phi) is 6.60. The summed E-state index contributed by atoms with van der Waals surface area (Å²) in [6.07, 6.45) is 0. The highest BCUT2D eigenvalue weighted by Gasteiger charge is 2.21. The predicted octanol–water partition coefficient (Wildman–Crippen LogP) is 2.50. The first kappa shape index (κ1) is 16.4. The van der Waals surface area contributed by atoms with E-state index in [1.165, 1.54) is 15.6 Å². The van der Waals surface area contributed by atoms with Crippen molar-refractivity contribution in [1.82, 2.24) is 4.90 Å². The molecule has 1 aromatic carbocycles. The standard InChI is InChI=1S/C16H24N2O2S/c1-19-9-7-18(8-10-20-2)15(11-17)14-12-21-16-6-4-3-5-13(14)16/h3-6,12,15H,7-11,17H2,1-2H3. The number of ether oxygens (including phenoxy) is 2. The number of nitrogens with zero attached hydrogens (tertiary/aromatic N) is 1. The Balaban J connectivity index is 2.25. The van der Waals surface area contributed by atoms with E-state index in [0.717, 1.165) is 13.1 Å². The molecule has 0 aliphatic rings. The summed E-state index contributed by atoms with van der Waals surface area (Å²) in [4.78, 5) is 2.35. The van der Waals surface area contributed by atoms with Crippen molar-refractivity contribution in [3.05, 3.63) is 35.2 Å². The molecule has 0 aliphatic heterocycles. The Labute approximate surface area is 130 Å². The lowest BCUT2D eigenvalue weighted by molar-refractivity contribution is 0.0896. The number of nitrogens with two attached hydrogens (primary N) is 1. The number of benzene rings is 1. The second kappa shape index (κ2) is 8.46. The van der Waals surface area contributed by atoms with Crippen molar-refractivity contribution >= 4 is 21.4 Å². The van der Waals surface area contributed by atoms with Crippen LogP contribution in [0.25, 0.3) is 10.1 Å². The molecule has 2 rings (SSSR count). The average molecular weight is 308 g/mol.